The van der Waals surface area contributed by atoms with E-state index in [2.05, 4.69) is 31.3 Å². The van der Waals surface area contributed by atoms with E-state index in [-0.39, 0.29) is 23.6 Å². The van der Waals surface area contributed by atoms with Crippen LogP contribution in [0.1, 0.15) is 44.6 Å². The van der Waals surface area contributed by atoms with E-state index in [4.69, 9.17) is 9.72 Å². The van der Waals surface area contributed by atoms with Crippen molar-refractivity contribution in [1.82, 2.24) is 20.0 Å². The maximum absolute atomic E-state index is 12.1. The number of anilines is 3. The molecule has 0 spiro atoms. The minimum absolute atomic E-state index is 0.0367. The van der Waals surface area contributed by atoms with Gasteiger partial charge >= 0.3 is 0 Å². The van der Waals surface area contributed by atoms with Crippen LogP contribution in [-0.2, 0) is 21.2 Å². The smallest absolute Gasteiger partial charge is 0.224 e. The van der Waals surface area contributed by atoms with Gasteiger partial charge in [0, 0.05) is 42.5 Å². The Balaban J connectivity index is 1.36. The summed E-state index contributed by atoms with van der Waals surface area (Å²) in [5.41, 5.74) is 2.15. The van der Waals surface area contributed by atoms with Gasteiger partial charge in [0.1, 0.15) is 11.6 Å². The Hall–Kier alpha value is -2.92. The number of carbonyl (C=O) groups is 1. The molecule has 11 heteroatoms. The summed E-state index contributed by atoms with van der Waals surface area (Å²) in [6, 6.07) is 8.09. The first-order chi connectivity index (χ1) is 17.4. The van der Waals surface area contributed by atoms with Gasteiger partial charge in [-0.1, -0.05) is 6.07 Å². The fourth-order valence-corrected chi connectivity index (χ4v) is 5.58. The molecule has 0 unspecified atom stereocenters. The molecule has 2 aromatic rings. The third-order valence-electron chi connectivity index (χ3n) is 6.81. The number of rotatable bonds is 11. The summed E-state index contributed by atoms with van der Waals surface area (Å²) in [6.07, 6.45) is 6.57. The van der Waals surface area contributed by atoms with E-state index in [1.54, 1.807) is 6.20 Å². The number of hydrogen-bond acceptors (Lipinski definition) is 8. The number of nitrogens with one attached hydrogen (secondary N) is 3. The molecule has 0 bridgehead atoms. The van der Waals surface area contributed by atoms with E-state index in [9.17, 15) is 13.2 Å². The van der Waals surface area contributed by atoms with Crippen LogP contribution in [0.3, 0.4) is 0 Å². The van der Waals surface area contributed by atoms with Crippen molar-refractivity contribution in [3.05, 3.63) is 36.0 Å². The number of fused-ring (bicyclic) bond motifs is 1. The SMILES string of the molecule is CCNC(=O)[C@H]1CC[C@H](Nc2nccc(N3CCc4c(OCCCS(=O)(=O)NC)cccc43)n2)CC1. The fraction of sp³-hybridized carbons (Fsp3) is 0.560. The van der Waals surface area contributed by atoms with Crippen LogP contribution in [-0.4, -0.2) is 62.8 Å². The largest absolute Gasteiger partial charge is 0.493 e. The summed E-state index contributed by atoms with van der Waals surface area (Å²) >= 11 is 0. The molecule has 3 N–H and O–H groups in total. The molecule has 10 nitrogen and oxygen atoms in total. The molecule has 1 aliphatic heterocycles. The number of nitrogens with zero attached hydrogens (tertiary/aromatic N) is 3. The van der Waals surface area contributed by atoms with Gasteiger partial charge in [0.2, 0.25) is 21.9 Å². The highest BCUT2D eigenvalue weighted by Crippen LogP contribution is 2.39. The molecule has 0 radical (unpaired) electrons. The zero-order chi connectivity index (χ0) is 25.5. The van der Waals surface area contributed by atoms with Crippen LogP contribution in [0.2, 0.25) is 0 Å². The van der Waals surface area contributed by atoms with Crippen molar-refractivity contribution in [2.45, 2.75) is 51.5 Å². The number of hydrogen-bond donors (Lipinski definition) is 3. The average Bonchev–Trinajstić information content (AvgIpc) is 3.32. The zero-order valence-corrected chi connectivity index (χ0v) is 21.8. The second kappa shape index (κ2) is 11.9. The van der Waals surface area contributed by atoms with Crippen molar-refractivity contribution in [1.29, 1.82) is 0 Å². The van der Waals surface area contributed by atoms with Gasteiger partial charge in [-0.3, -0.25) is 4.79 Å². The molecular formula is C25H36N6O4S. The molecule has 1 aromatic heterocycles. The summed E-state index contributed by atoms with van der Waals surface area (Å²) in [5.74, 6) is 2.50. The molecule has 4 rings (SSSR count). The third kappa shape index (κ3) is 6.44. The van der Waals surface area contributed by atoms with Crippen molar-refractivity contribution in [3.8, 4) is 5.75 Å². The predicted molar refractivity (Wildman–Crippen MR) is 140 cm³/mol. The number of amides is 1. The summed E-state index contributed by atoms with van der Waals surface area (Å²) in [5, 5.41) is 6.39. The van der Waals surface area contributed by atoms with E-state index in [0.717, 1.165) is 61.5 Å². The van der Waals surface area contributed by atoms with Crippen LogP contribution in [0, 0.1) is 5.92 Å². The standard InChI is InChI=1S/C25H36N6O4S/c1-3-27-24(32)18-8-10-19(11-9-18)29-25-28-14-12-23(30-25)31-15-13-20-21(31)6-4-7-22(20)35-16-5-17-36(33,34)26-2/h4,6-7,12,14,18-19,26H,3,5,8-11,13,15-17H2,1-2H3,(H,27,32)(H,28,29,30)/t18-,19-. The fourth-order valence-electron chi connectivity index (χ4n) is 4.88. The lowest BCUT2D eigenvalue weighted by atomic mass is 9.85. The summed E-state index contributed by atoms with van der Waals surface area (Å²) < 4.78 is 31.5. The first-order valence-electron chi connectivity index (χ1n) is 12.7. The predicted octanol–water partition coefficient (Wildman–Crippen LogP) is 2.60. The molecule has 1 fully saturated rings. The van der Waals surface area contributed by atoms with Crippen molar-refractivity contribution in [2.75, 3.05) is 42.7 Å². The molecule has 0 saturated heterocycles. The molecule has 1 saturated carbocycles. The molecule has 0 atom stereocenters. The van der Waals surface area contributed by atoms with Crippen LogP contribution >= 0.6 is 0 Å². The van der Waals surface area contributed by atoms with Gasteiger partial charge in [0.25, 0.3) is 0 Å². The van der Waals surface area contributed by atoms with Crippen LogP contribution < -0.4 is 25.0 Å². The van der Waals surface area contributed by atoms with Gasteiger partial charge in [0.05, 0.1) is 12.4 Å². The number of aromatic nitrogens is 2. The summed E-state index contributed by atoms with van der Waals surface area (Å²) in [4.78, 5) is 23.5. The van der Waals surface area contributed by atoms with E-state index < -0.39 is 10.0 Å². The normalized spacial score (nSPS) is 19.6. The molecule has 1 amide bonds. The molecule has 1 aromatic carbocycles. The molecule has 196 valence electrons. The molecular weight excluding hydrogens is 480 g/mol. The Kier molecular flexibility index (Phi) is 8.63. The highest BCUT2D eigenvalue weighted by Gasteiger charge is 2.27. The van der Waals surface area contributed by atoms with Crippen molar-refractivity contribution in [3.63, 3.8) is 0 Å². The molecule has 2 heterocycles. The second-order valence-electron chi connectivity index (χ2n) is 9.21. The maximum atomic E-state index is 12.1. The van der Waals surface area contributed by atoms with Gasteiger partial charge in [0.15, 0.2) is 0 Å². The first kappa shape index (κ1) is 26.2. The summed E-state index contributed by atoms with van der Waals surface area (Å²) in [7, 11) is -1.81. The Bertz CT molecular complexity index is 1150. The van der Waals surface area contributed by atoms with E-state index in [1.165, 1.54) is 7.05 Å². The second-order valence-corrected chi connectivity index (χ2v) is 11.3. The van der Waals surface area contributed by atoms with Crippen LogP contribution in [0.5, 0.6) is 5.75 Å². The van der Waals surface area contributed by atoms with Crippen molar-refractivity contribution >= 4 is 33.4 Å². The monoisotopic (exact) mass is 516 g/mol. The third-order valence-corrected chi connectivity index (χ3v) is 8.26. The highest BCUT2D eigenvalue weighted by molar-refractivity contribution is 7.89. The van der Waals surface area contributed by atoms with Gasteiger partial charge in [-0.05, 0) is 70.7 Å². The minimum Gasteiger partial charge on any atom is -0.493 e. The highest BCUT2D eigenvalue weighted by atomic mass is 32.2. The molecule has 2 aliphatic rings. The van der Waals surface area contributed by atoms with Crippen LogP contribution in [0.4, 0.5) is 17.5 Å². The first-order valence-corrected chi connectivity index (χ1v) is 14.4. The topological polar surface area (TPSA) is 126 Å². The Morgan fingerprint density at radius 3 is 2.75 bits per heavy atom. The zero-order valence-electron chi connectivity index (χ0n) is 21.0. The van der Waals surface area contributed by atoms with Gasteiger partial charge in [-0.2, -0.15) is 4.98 Å². The number of benzene rings is 1. The number of ether oxygens (including phenoxy) is 1. The lowest BCUT2D eigenvalue weighted by Gasteiger charge is -2.28. The van der Waals surface area contributed by atoms with Crippen LogP contribution in [0.25, 0.3) is 0 Å². The Morgan fingerprint density at radius 2 is 2.00 bits per heavy atom. The van der Waals surface area contributed by atoms with Crippen molar-refractivity contribution < 1.29 is 17.9 Å². The molecule has 1 aliphatic carbocycles. The number of sulfonamides is 1. The Morgan fingerprint density at radius 1 is 1.19 bits per heavy atom. The average molecular weight is 517 g/mol. The minimum atomic E-state index is -3.23. The Labute approximate surface area is 213 Å². The van der Waals surface area contributed by atoms with E-state index in [1.807, 2.05) is 25.1 Å². The van der Waals surface area contributed by atoms with Gasteiger partial charge in [-0.25, -0.2) is 18.1 Å². The maximum Gasteiger partial charge on any atom is 0.224 e. The van der Waals surface area contributed by atoms with E-state index >= 15 is 0 Å². The lowest BCUT2D eigenvalue weighted by molar-refractivity contribution is -0.125. The van der Waals surface area contributed by atoms with E-state index in [0.29, 0.717) is 25.5 Å². The van der Waals surface area contributed by atoms with Crippen LogP contribution in [0.15, 0.2) is 30.5 Å². The number of carbonyl (C=O) groups excluding carboxylic acids is 1. The lowest BCUT2D eigenvalue weighted by Crippen LogP contribution is -2.36. The van der Waals surface area contributed by atoms with Gasteiger partial charge in [-0.15, -0.1) is 0 Å². The van der Waals surface area contributed by atoms with Crippen molar-refractivity contribution in [2.24, 2.45) is 5.92 Å². The summed E-state index contributed by atoms with van der Waals surface area (Å²) in [6.45, 7) is 3.73. The molecule has 36 heavy (non-hydrogen) atoms. The quantitative estimate of drug-likeness (QED) is 0.389. The van der Waals surface area contributed by atoms with Gasteiger partial charge < -0.3 is 20.3 Å².